The highest BCUT2D eigenvalue weighted by atomic mass is 16.5. The van der Waals surface area contributed by atoms with Gasteiger partial charge in [0, 0.05) is 24.0 Å². The predicted molar refractivity (Wildman–Crippen MR) is 89.6 cm³/mol. The third-order valence-corrected chi connectivity index (χ3v) is 6.32. The number of ether oxygens (including phenoxy) is 1. The van der Waals surface area contributed by atoms with Crippen LogP contribution in [0.4, 0.5) is 0 Å². The predicted octanol–water partition coefficient (Wildman–Crippen LogP) is 2.58. The Bertz CT molecular complexity index is 569. The standard InChI is InChI=1S/C19H28N2O/c1-19-8-9-21(12-13-4-5-13)17(18(19)20-2)10-14-6-7-15(22-3)11-16(14)19/h6-7,11,13,17-18,20H,4-5,8-10,12H2,1-3H3/t17?,18-,19+/m0/s1. The van der Waals surface area contributed by atoms with Crippen molar-refractivity contribution in [3.8, 4) is 5.75 Å². The van der Waals surface area contributed by atoms with Crippen LogP contribution in [0, 0.1) is 5.92 Å². The molecule has 2 aliphatic carbocycles. The molecule has 1 aromatic carbocycles. The van der Waals surface area contributed by atoms with Crippen LogP contribution in [-0.2, 0) is 11.8 Å². The van der Waals surface area contributed by atoms with Gasteiger partial charge >= 0.3 is 0 Å². The fraction of sp³-hybridized carbons (Fsp3) is 0.684. The molecule has 1 aromatic rings. The number of benzene rings is 1. The molecule has 1 unspecified atom stereocenters. The molecular formula is C19H28N2O. The summed E-state index contributed by atoms with van der Waals surface area (Å²) in [7, 11) is 3.91. The smallest absolute Gasteiger partial charge is 0.119 e. The van der Waals surface area contributed by atoms with Crippen LogP contribution in [0.1, 0.15) is 37.3 Å². The number of fused-ring (bicyclic) bond motifs is 4. The van der Waals surface area contributed by atoms with Crippen molar-refractivity contribution in [1.82, 2.24) is 10.2 Å². The van der Waals surface area contributed by atoms with Crippen molar-refractivity contribution in [1.29, 1.82) is 0 Å². The molecule has 1 saturated heterocycles. The fourth-order valence-electron chi connectivity index (χ4n) is 4.87. The molecule has 22 heavy (non-hydrogen) atoms. The molecule has 3 heteroatoms. The minimum absolute atomic E-state index is 0.224. The van der Waals surface area contributed by atoms with Gasteiger partial charge in [0.2, 0.25) is 0 Å². The van der Waals surface area contributed by atoms with Crippen LogP contribution in [0.2, 0.25) is 0 Å². The maximum absolute atomic E-state index is 5.48. The summed E-state index contributed by atoms with van der Waals surface area (Å²) in [6.45, 7) is 5.00. The number of hydrogen-bond acceptors (Lipinski definition) is 3. The highest BCUT2D eigenvalue weighted by molar-refractivity contribution is 5.45. The first kappa shape index (κ1) is 14.5. The zero-order valence-electron chi connectivity index (χ0n) is 14.1. The maximum Gasteiger partial charge on any atom is 0.119 e. The van der Waals surface area contributed by atoms with Crippen molar-refractivity contribution in [3.63, 3.8) is 0 Å². The molecule has 0 amide bonds. The third kappa shape index (κ3) is 2.17. The van der Waals surface area contributed by atoms with E-state index in [9.17, 15) is 0 Å². The van der Waals surface area contributed by atoms with Crippen LogP contribution in [0.25, 0.3) is 0 Å². The van der Waals surface area contributed by atoms with Gasteiger partial charge in [-0.15, -0.1) is 0 Å². The van der Waals surface area contributed by atoms with Crippen LogP contribution < -0.4 is 10.1 Å². The van der Waals surface area contributed by atoms with Crippen LogP contribution in [0.3, 0.4) is 0 Å². The first-order valence-electron chi connectivity index (χ1n) is 8.74. The summed E-state index contributed by atoms with van der Waals surface area (Å²) in [6, 6.07) is 7.89. The van der Waals surface area contributed by atoms with E-state index >= 15 is 0 Å². The minimum atomic E-state index is 0.224. The molecule has 3 aliphatic rings. The monoisotopic (exact) mass is 300 g/mol. The normalized spacial score (nSPS) is 34.3. The molecule has 1 aliphatic heterocycles. The van der Waals surface area contributed by atoms with E-state index in [1.54, 1.807) is 7.11 Å². The lowest BCUT2D eigenvalue weighted by Crippen LogP contribution is -2.66. The van der Waals surface area contributed by atoms with E-state index < -0.39 is 0 Å². The van der Waals surface area contributed by atoms with Crippen molar-refractivity contribution in [2.75, 3.05) is 27.2 Å². The summed E-state index contributed by atoms with van der Waals surface area (Å²) in [6.07, 6.45) is 5.30. The molecule has 0 aromatic heterocycles. The topological polar surface area (TPSA) is 24.5 Å². The molecule has 120 valence electrons. The van der Waals surface area contributed by atoms with Crippen LogP contribution in [-0.4, -0.2) is 44.2 Å². The maximum atomic E-state index is 5.48. The van der Waals surface area contributed by atoms with Gasteiger partial charge in [-0.25, -0.2) is 0 Å². The number of nitrogens with one attached hydrogen (secondary N) is 1. The lowest BCUT2D eigenvalue weighted by atomic mass is 9.61. The van der Waals surface area contributed by atoms with E-state index in [1.807, 2.05) is 0 Å². The lowest BCUT2D eigenvalue weighted by Gasteiger charge is -2.55. The van der Waals surface area contributed by atoms with Gasteiger partial charge in [-0.3, -0.25) is 4.90 Å². The van der Waals surface area contributed by atoms with E-state index in [0.717, 1.165) is 11.7 Å². The Morgan fingerprint density at radius 3 is 2.86 bits per heavy atom. The van der Waals surface area contributed by atoms with Gasteiger partial charge in [-0.2, -0.15) is 0 Å². The van der Waals surface area contributed by atoms with Gasteiger partial charge in [0.05, 0.1) is 7.11 Å². The first-order chi connectivity index (χ1) is 10.7. The number of nitrogens with zero attached hydrogens (tertiary/aromatic N) is 1. The van der Waals surface area contributed by atoms with Crippen molar-refractivity contribution < 1.29 is 4.74 Å². The second-order valence-electron chi connectivity index (χ2n) is 7.67. The van der Waals surface area contributed by atoms with Crippen LogP contribution >= 0.6 is 0 Å². The summed E-state index contributed by atoms with van der Waals surface area (Å²) in [5, 5.41) is 3.67. The van der Waals surface area contributed by atoms with E-state index in [0.29, 0.717) is 12.1 Å². The van der Waals surface area contributed by atoms with Crippen LogP contribution in [0.5, 0.6) is 5.75 Å². The van der Waals surface area contributed by atoms with Crippen molar-refractivity contribution >= 4 is 0 Å². The Hall–Kier alpha value is -1.06. The molecular weight excluding hydrogens is 272 g/mol. The van der Waals surface area contributed by atoms with Gasteiger partial charge in [-0.1, -0.05) is 13.0 Å². The van der Waals surface area contributed by atoms with Gasteiger partial charge in [0.15, 0.2) is 0 Å². The van der Waals surface area contributed by atoms with E-state index in [4.69, 9.17) is 4.74 Å². The lowest BCUT2D eigenvalue weighted by molar-refractivity contribution is 0.0464. The number of methoxy groups -OCH3 is 1. The van der Waals surface area contributed by atoms with Crippen LogP contribution in [0.15, 0.2) is 18.2 Å². The van der Waals surface area contributed by atoms with Crippen molar-refractivity contribution in [3.05, 3.63) is 29.3 Å². The third-order valence-electron chi connectivity index (χ3n) is 6.32. The highest BCUT2D eigenvalue weighted by Crippen LogP contribution is 2.46. The summed E-state index contributed by atoms with van der Waals surface area (Å²) in [5.74, 6) is 1.97. The average molecular weight is 300 g/mol. The molecule has 0 spiro atoms. The van der Waals surface area contributed by atoms with Gasteiger partial charge in [0.25, 0.3) is 0 Å². The largest absolute Gasteiger partial charge is 0.497 e. The van der Waals surface area contributed by atoms with E-state index in [-0.39, 0.29) is 5.41 Å². The Morgan fingerprint density at radius 2 is 2.18 bits per heavy atom. The molecule has 4 rings (SSSR count). The second-order valence-corrected chi connectivity index (χ2v) is 7.67. The molecule has 0 radical (unpaired) electrons. The summed E-state index contributed by atoms with van der Waals surface area (Å²) >= 11 is 0. The highest BCUT2D eigenvalue weighted by Gasteiger charge is 2.50. The fourth-order valence-corrected chi connectivity index (χ4v) is 4.87. The quantitative estimate of drug-likeness (QED) is 0.925. The van der Waals surface area contributed by atoms with E-state index in [1.165, 1.54) is 49.9 Å². The number of piperidine rings is 1. The Morgan fingerprint density at radius 1 is 1.36 bits per heavy atom. The number of likely N-dealkylation sites (N-methyl/N-ethyl adjacent to an activating group) is 1. The Kier molecular flexibility index (Phi) is 3.46. The molecule has 3 nitrogen and oxygen atoms in total. The average Bonchev–Trinajstić information content (AvgIpc) is 3.34. The molecule has 2 fully saturated rings. The molecule has 1 N–H and O–H groups in total. The molecule has 1 heterocycles. The number of rotatable bonds is 4. The summed E-state index contributed by atoms with van der Waals surface area (Å²) < 4.78 is 5.48. The van der Waals surface area contributed by atoms with Crippen molar-refractivity contribution in [2.24, 2.45) is 5.92 Å². The number of hydrogen-bond donors (Lipinski definition) is 1. The number of likely N-dealkylation sites (tertiary alicyclic amines) is 1. The zero-order chi connectivity index (χ0) is 15.3. The SMILES string of the molecule is CN[C@H]1C2Cc3ccc(OC)cc3[C@@]1(C)CCN2CC1CC1. The van der Waals surface area contributed by atoms with Gasteiger partial charge in [-0.05, 0) is 68.5 Å². The first-order valence-corrected chi connectivity index (χ1v) is 8.74. The Balaban J connectivity index is 1.72. The molecule has 1 saturated carbocycles. The Labute approximate surface area is 134 Å². The summed E-state index contributed by atoms with van der Waals surface area (Å²) in [4.78, 5) is 2.77. The van der Waals surface area contributed by atoms with E-state index in [2.05, 4.69) is 42.4 Å². The second kappa shape index (κ2) is 5.24. The summed E-state index contributed by atoms with van der Waals surface area (Å²) in [5.41, 5.74) is 3.26. The van der Waals surface area contributed by atoms with Gasteiger partial charge < -0.3 is 10.1 Å². The molecule has 2 bridgehead atoms. The van der Waals surface area contributed by atoms with Gasteiger partial charge in [0.1, 0.15) is 5.75 Å². The molecule has 3 atom stereocenters. The zero-order valence-corrected chi connectivity index (χ0v) is 14.1. The minimum Gasteiger partial charge on any atom is -0.497 e. The van der Waals surface area contributed by atoms with Crippen molar-refractivity contribution in [2.45, 2.75) is 50.1 Å².